The van der Waals surface area contributed by atoms with Gasteiger partial charge in [-0.3, -0.25) is 4.79 Å². The van der Waals surface area contributed by atoms with Gasteiger partial charge in [0.05, 0.1) is 19.6 Å². The van der Waals surface area contributed by atoms with Crippen LogP contribution in [-0.4, -0.2) is 47.1 Å². The van der Waals surface area contributed by atoms with E-state index in [2.05, 4.69) is 11.1 Å². The fraction of sp³-hybridized carbons (Fsp3) is 0.214. The molecule has 3 aromatic carbocycles. The SMILES string of the molecule is COc1ccc2[nH]c(CC(=O)N3CCc4ccccc4C3c3cc(Cl)ccc3OCC(=O)O)cc2c1. The van der Waals surface area contributed by atoms with Crippen molar-refractivity contribution < 1.29 is 24.2 Å². The van der Waals surface area contributed by atoms with E-state index in [1.54, 1.807) is 25.3 Å². The van der Waals surface area contributed by atoms with Gasteiger partial charge in [-0.2, -0.15) is 0 Å². The molecule has 1 aliphatic rings. The number of methoxy groups -OCH3 is 1. The Hall–Kier alpha value is -3.97. The Bertz CT molecular complexity index is 1450. The lowest BCUT2D eigenvalue weighted by Crippen LogP contribution is -2.41. The van der Waals surface area contributed by atoms with E-state index in [4.69, 9.17) is 26.2 Å². The summed E-state index contributed by atoms with van der Waals surface area (Å²) in [6.45, 7) is 0.0227. The second kappa shape index (κ2) is 9.95. The highest BCUT2D eigenvalue weighted by Crippen LogP contribution is 2.41. The summed E-state index contributed by atoms with van der Waals surface area (Å²) in [7, 11) is 1.62. The van der Waals surface area contributed by atoms with Gasteiger partial charge in [-0.25, -0.2) is 4.79 Å². The average Bonchev–Trinajstić information content (AvgIpc) is 3.28. The molecule has 0 aliphatic carbocycles. The predicted molar refractivity (Wildman–Crippen MR) is 137 cm³/mol. The third kappa shape index (κ3) is 4.75. The summed E-state index contributed by atoms with van der Waals surface area (Å²) in [5, 5.41) is 10.6. The molecule has 0 radical (unpaired) electrons. The van der Waals surface area contributed by atoms with Crippen molar-refractivity contribution in [1.29, 1.82) is 0 Å². The zero-order chi connectivity index (χ0) is 25.2. The quantitative estimate of drug-likeness (QED) is 0.369. The Balaban J connectivity index is 1.52. The van der Waals surface area contributed by atoms with Gasteiger partial charge >= 0.3 is 5.97 Å². The van der Waals surface area contributed by atoms with E-state index in [0.717, 1.165) is 33.5 Å². The summed E-state index contributed by atoms with van der Waals surface area (Å²) in [4.78, 5) is 30.1. The molecule has 4 aromatic rings. The number of hydrogen-bond donors (Lipinski definition) is 2. The third-order valence-corrected chi connectivity index (χ3v) is 6.68. The lowest BCUT2D eigenvalue weighted by molar-refractivity contribution is -0.139. The van der Waals surface area contributed by atoms with E-state index >= 15 is 0 Å². The molecule has 0 spiro atoms. The topological polar surface area (TPSA) is 91.9 Å². The Morgan fingerprint density at radius 3 is 2.72 bits per heavy atom. The van der Waals surface area contributed by atoms with Crippen LogP contribution < -0.4 is 9.47 Å². The summed E-state index contributed by atoms with van der Waals surface area (Å²) in [6.07, 6.45) is 0.899. The van der Waals surface area contributed by atoms with Gasteiger partial charge in [0, 0.05) is 33.7 Å². The number of hydrogen-bond acceptors (Lipinski definition) is 4. The Morgan fingerprint density at radius 2 is 1.92 bits per heavy atom. The molecule has 184 valence electrons. The molecule has 2 N–H and O–H groups in total. The van der Waals surface area contributed by atoms with Crippen molar-refractivity contribution in [2.75, 3.05) is 20.3 Å². The van der Waals surface area contributed by atoms with Crippen LogP contribution in [0.5, 0.6) is 11.5 Å². The number of halogens is 1. The summed E-state index contributed by atoms with van der Waals surface area (Å²) < 4.78 is 10.9. The monoisotopic (exact) mass is 504 g/mol. The van der Waals surface area contributed by atoms with E-state index in [1.807, 2.05) is 47.4 Å². The molecule has 36 heavy (non-hydrogen) atoms. The van der Waals surface area contributed by atoms with Crippen molar-refractivity contribution in [3.63, 3.8) is 0 Å². The molecule has 1 unspecified atom stereocenters. The first-order chi connectivity index (χ1) is 17.4. The summed E-state index contributed by atoms with van der Waals surface area (Å²) in [5.41, 5.74) is 4.49. The maximum absolute atomic E-state index is 13.7. The van der Waals surface area contributed by atoms with Crippen molar-refractivity contribution in [2.45, 2.75) is 18.9 Å². The number of carbonyl (C=O) groups excluding carboxylic acids is 1. The Labute approximate surface area is 213 Å². The zero-order valence-corrected chi connectivity index (χ0v) is 20.4. The largest absolute Gasteiger partial charge is 0.497 e. The normalized spacial score (nSPS) is 14.9. The van der Waals surface area contributed by atoms with Crippen LogP contribution in [0.1, 0.15) is 28.4 Å². The van der Waals surface area contributed by atoms with Crippen LogP contribution in [-0.2, 0) is 22.4 Å². The molecule has 1 aromatic heterocycles. The molecular formula is C28H25ClN2O5. The van der Waals surface area contributed by atoms with Gasteiger partial charge in [-0.15, -0.1) is 0 Å². The van der Waals surface area contributed by atoms with Gasteiger partial charge in [0.15, 0.2) is 6.61 Å². The van der Waals surface area contributed by atoms with Crippen LogP contribution in [0.2, 0.25) is 5.02 Å². The minimum atomic E-state index is -1.08. The van der Waals surface area contributed by atoms with Crippen molar-refractivity contribution >= 4 is 34.4 Å². The fourth-order valence-electron chi connectivity index (χ4n) is 4.83. The van der Waals surface area contributed by atoms with Gasteiger partial charge in [-0.1, -0.05) is 35.9 Å². The maximum Gasteiger partial charge on any atom is 0.341 e. The molecule has 8 heteroatoms. The number of aromatic amines is 1. The van der Waals surface area contributed by atoms with Crippen LogP contribution >= 0.6 is 11.6 Å². The maximum atomic E-state index is 13.7. The first-order valence-corrected chi connectivity index (χ1v) is 12.0. The number of rotatable bonds is 7. The predicted octanol–water partition coefficient (Wildman–Crippen LogP) is 5.01. The van der Waals surface area contributed by atoms with Gasteiger partial charge in [-0.05, 0) is 60.0 Å². The molecule has 0 saturated heterocycles. The first kappa shape index (κ1) is 23.8. The highest BCUT2D eigenvalue weighted by atomic mass is 35.5. The molecule has 5 rings (SSSR count). The number of fused-ring (bicyclic) bond motifs is 2. The smallest absolute Gasteiger partial charge is 0.341 e. The van der Waals surface area contributed by atoms with Crippen LogP contribution in [0.3, 0.4) is 0 Å². The van der Waals surface area contributed by atoms with Crippen LogP contribution in [0, 0.1) is 0 Å². The number of aromatic nitrogens is 1. The second-order valence-electron chi connectivity index (χ2n) is 8.73. The number of carbonyl (C=O) groups is 2. The van der Waals surface area contributed by atoms with Crippen molar-refractivity contribution in [3.05, 3.63) is 94.1 Å². The van der Waals surface area contributed by atoms with E-state index in [1.165, 1.54) is 0 Å². The van der Waals surface area contributed by atoms with Crippen molar-refractivity contribution in [2.24, 2.45) is 0 Å². The Kier molecular flexibility index (Phi) is 6.57. The summed E-state index contributed by atoms with van der Waals surface area (Å²) >= 11 is 6.36. The second-order valence-corrected chi connectivity index (χ2v) is 9.16. The van der Waals surface area contributed by atoms with E-state index in [0.29, 0.717) is 29.3 Å². The number of benzene rings is 3. The number of nitrogens with zero attached hydrogens (tertiary/aromatic N) is 1. The van der Waals surface area contributed by atoms with Crippen LogP contribution in [0.15, 0.2) is 66.7 Å². The van der Waals surface area contributed by atoms with E-state index in [9.17, 15) is 9.59 Å². The Morgan fingerprint density at radius 1 is 1.08 bits per heavy atom. The van der Waals surface area contributed by atoms with Crippen LogP contribution in [0.4, 0.5) is 0 Å². The van der Waals surface area contributed by atoms with E-state index < -0.39 is 18.6 Å². The summed E-state index contributed by atoms with van der Waals surface area (Å²) in [5.74, 6) is 0.00133. The number of nitrogens with one attached hydrogen (secondary N) is 1. The molecule has 0 bridgehead atoms. The molecule has 1 aliphatic heterocycles. The molecular weight excluding hydrogens is 480 g/mol. The van der Waals surface area contributed by atoms with Gasteiger partial charge < -0.3 is 24.5 Å². The molecule has 7 nitrogen and oxygen atoms in total. The van der Waals surface area contributed by atoms with Gasteiger partial charge in [0.1, 0.15) is 11.5 Å². The fourth-order valence-corrected chi connectivity index (χ4v) is 5.01. The summed E-state index contributed by atoms with van der Waals surface area (Å²) in [6, 6.07) is 20.3. The first-order valence-electron chi connectivity index (χ1n) is 11.6. The lowest BCUT2D eigenvalue weighted by Gasteiger charge is -2.38. The number of ether oxygens (including phenoxy) is 2. The standard InChI is InChI=1S/C28H25ClN2O5/c1-35-21-7-8-24-18(13-21)12-20(30-24)15-26(32)31-11-10-17-4-2-3-5-22(17)28(31)23-14-19(29)6-9-25(23)36-16-27(33)34/h2-9,12-14,28,30H,10-11,15-16H2,1H3,(H,33,34). The highest BCUT2D eigenvalue weighted by molar-refractivity contribution is 6.30. The third-order valence-electron chi connectivity index (χ3n) is 6.45. The van der Waals surface area contributed by atoms with Gasteiger partial charge in [0.25, 0.3) is 0 Å². The van der Waals surface area contributed by atoms with Crippen molar-refractivity contribution in [1.82, 2.24) is 9.88 Å². The molecule has 0 saturated carbocycles. The molecule has 0 fully saturated rings. The number of carboxylic acid groups (broad SMARTS) is 1. The van der Waals surface area contributed by atoms with Crippen molar-refractivity contribution in [3.8, 4) is 11.5 Å². The number of carboxylic acids is 1. The number of H-pyrrole nitrogens is 1. The molecule has 1 amide bonds. The number of aliphatic carboxylic acids is 1. The lowest BCUT2D eigenvalue weighted by atomic mass is 9.87. The van der Waals surface area contributed by atoms with E-state index in [-0.39, 0.29) is 12.3 Å². The molecule has 2 heterocycles. The average molecular weight is 505 g/mol. The number of amides is 1. The van der Waals surface area contributed by atoms with Gasteiger partial charge in [0.2, 0.25) is 5.91 Å². The molecule has 1 atom stereocenters. The minimum Gasteiger partial charge on any atom is -0.497 e. The minimum absolute atomic E-state index is 0.0582. The van der Waals surface area contributed by atoms with Crippen LogP contribution in [0.25, 0.3) is 10.9 Å². The zero-order valence-electron chi connectivity index (χ0n) is 19.7. The highest BCUT2D eigenvalue weighted by Gasteiger charge is 2.34.